The topological polar surface area (TPSA) is 75.7 Å². The predicted octanol–water partition coefficient (Wildman–Crippen LogP) is 1.98. The van der Waals surface area contributed by atoms with E-state index < -0.39 is 10.0 Å². The van der Waals surface area contributed by atoms with Crippen LogP contribution >= 0.6 is 0 Å². The first kappa shape index (κ1) is 19.0. The third-order valence-electron chi connectivity index (χ3n) is 3.62. The Balaban J connectivity index is 1.95. The lowest BCUT2D eigenvalue weighted by Crippen LogP contribution is -2.27. The summed E-state index contributed by atoms with van der Waals surface area (Å²) in [4.78, 5) is 16.8. The summed E-state index contributed by atoms with van der Waals surface area (Å²) in [7, 11) is -1.21. The summed E-state index contributed by atoms with van der Waals surface area (Å²) in [5.41, 5.74) is 1.25. The van der Waals surface area contributed by atoms with E-state index in [4.69, 9.17) is 4.84 Å². The van der Waals surface area contributed by atoms with Crippen molar-refractivity contribution >= 4 is 15.9 Å². The van der Waals surface area contributed by atoms with Crippen LogP contribution < -0.4 is 5.32 Å². The molecule has 0 aliphatic heterocycles. The summed E-state index contributed by atoms with van der Waals surface area (Å²) in [5, 5.41) is 2.74. The molecule has 0 saturated carbocycles. The highest BCUT2D eigenvalue weighted by atomic mass is 32.2. The molecule has 134 valence electrons. The summed E-state index contributed by atoms with van der Waals surface area (Å²) in [6, 6.07) is 11.6. The van der Waals surface area contributed by atoms with Gasteiger partial charge in [-0.2, -0.15) is 0 Å². The van der Waals surface area contributed by atoms with E-state index in [0.717, 1.165) is 10.0 Å². The van der Waals surface area contributed by atoms with Crippen molar-refractivity contribution in [1.29, 1.82) is 0 Å². The van der Waals surface area contributed by atoms with Gasteiger partial charge in [0.15, 0.2) is 0 Å². The lowest BCUT2D eigenvalue weighted by Gasteiger charge is -2.14. The molecule has 2 rings (SSSR count). The number of halogens is 1. The monoisotopic (exact) mass is 366 g/mol. The van der Waals surface area contributed by atoms with Gasteiger partial charge in [-0.15, -0.1) is 0 Å². The molecule has 6 nitrogen and oxygen atoms in total. The van der Waals surface area contributed by atoms with Gasteiger partial charge in [0.1, 0.15) is 5.82 Å². The Morgan fingerprint density at radius 1 is 1.12 bits per heavy atom. The van der Waals surface area contributed by atoms with E-state index in [1.54, 1.807) is 12.1 Å². The minimum atomic E-state index is -3.74. The molecule has 0 radical (unpaired) electrons. The number of sulfonamides is 1. The fourth-order valence-corrected chi connectivity index (χ4v) is 3.07. The highest BCUT2D eigenvalue weighted by Gasteiger charge is 2.20. The van der Waals surface area contributed by atoms with Gasteiger partial charge in [-0.05, 0) is 48.4 Å². The van der Waals surface area contributed by atoms with E-state index in [1.807, 2.05) is 0 Å². The SMILES string of the molecule is CON(C)S(=O)(=O)c1ccc(C(=O)NCCc2ccc(F)cc2)cc1. The number of nitrogens with zero attached hydrogens (tertiary/aromatic N) is 1. The Hall–Kier alpha value is -2.29. The average Bonchev–Trinajstić information content (AvgIpc) is 2.62. The summed E-state index contributed by atoms with van der Waals surface area (Å²) < 4.78 is 37.7. The predicted molar refractivity (Wildman–Crippen MR) is 90.8 cm³/mol. The molecule has 0 heterocycles. The van der Waals surface area contributed by atoms with Crippen molar-refractivity contribution in [2.75, 3.05) is 20.7 Å². The van der Waals surface area contributed by atoms with Gasteiger partial charge in [-0.1, -0.05) is 16.6 Å². The molecule has 0 saturated heterocycles. The van der Waals surface area contributed by atoms with Crippen LogP contribution in [0.15, 0.2) is 53.4 Å². The number of benzene rings is 2. The van der Waals surface area contributed by atoms with Crippen LogP contribution in [0.3, 0.4) is 0 Å². The fourth-order valence-electron chi connectivity index (χ4n) is 2.10. The zero-order valence-corrected chi connectivity index (χ0v) is 14.7. The highest BCUT2D eigenvalue weighted by molar-refractivity contribution is 7.89. The van der Waals surface area contributed by atoms with Crippen LogP contribution in [-0.4, -0.2) is 39.5 Å². The van der Waals surface area contributed by atoms with Crippen LogP contribution in [0, 0.1) is 5.82 Å². The quantitative estimate of drug-likeness (QED) is 0.761. The number of carbonyl (C=O) groups is 1. The van der Waals surface area contributed by atoms with E-state index >= 15 is 0 Å². The number of amides is 1. The van der Waals surface area contributed by atoms with E-state index in [2.05, 4.69) is 5.32 Å². The number of hydrogen-bond acceptors (Lipinski definition) is 4. The van der Waals surface area contributed by atoms with Crippen LogP contribution in [0.25, 0.3) is 0 Å². The molecule has 8 heteroatoms. The minimum Gasteiger partial charge on any atom is -0.352 e. The van der Waals surface area contributed by atoms with Gasteiger partial charge in [-0.3, -0.25) is 9.63 Å². The molecular weight excluding hydrogens is 347 g/mol. The van der Waals surface area contributed by atoms with Crippen molar-refractivity contribution < 1.29 is 22.4 Å². The molecular formula is C17H19FN2O4S. The van der Waals surface area contributed by atoms with Gasteiger partial charge in [0.2, 0.25) is 0 Å². The Morgan fingerprint density at radius 3 is 2.28 bits per heavy atom. The third kappa shape index (κ3) is 4.85. The van der Waals surface area contributed by atoms with Crippen molar-refractivity contribution in [1.82, 2.24) is 9.79 Å². The van der Waals surface area contributed by atoms with Crippen molar-refractivity contribution in [2.24, 2.45) is 0 Å². The number of hydrogen-bond donors (Lipinski definition) is 1. The number of rotatable bonds is 7. The molecule has 0 fully saturated rings. The van der Waals surface area contributed by atoms with Crippen molar-refractivity contribution in [3.05, 3.63) is 65.5 Å². The molecule has 0 aliphatic rings. The van der Waals surface area contributed by atoms with Crippen molar-refractivity contribution in [3.8, 4) is 0 Å². The van der Waals surface area contributed by atoms with Crippen molar-refractivity contribution in [3.63, 3.8) is 0 Å². The summed E-state index contributed by atoms with van der Waals surface area (Å²) in [5.74, 6) is -0.617. The summed E-state index contributed by atoms with van der Waals surface area (Å²) in [6.07, 6.45) is 0.567. The Labute approximate surface area is 146 Å². The van der Waals surface area contributed by atoms with E-state index in [0.29, 0.717) is 18.5 Å². The van der Waals surface area contributed by atoms with Gasteiger partial charge >= 0.3 is 0 Å². The largest absolute Gasteiger partial charge is 0.352 e. The second-order valence-electron chi connectivity index (χ2n) is 5.25. The molecule has 1 amide bonds. The third-order valence-corrected chi connectivity index (χ3v) is 5.32. The summed E-state index contributed by atoms with van der Waals surface area (Å²) in [6.45, 7) is 0.386. The molecule has 2 aromatic rings. The first-order valence-electron chi connectivity index (χ1n) is 7.50. The average molecular weight is 366 g/mol. The molecule has 2 aromatic carbocycles. The second kappa shape index (κ2) is 8.19. The maximum Gasteiger partial charge on any atom is 0.264 e. The smallest absolute Gasteiger partial charge is 0.264 e. The van der Waals surface area contributed by atoms with Crippen LogP contribution in [0.5, 0.6) is 0 Å². The Kier molecular flexibility index (Phi) is 6.24. The lowest BCUT2D eigenvalue weighted by atomic mass is 10.1. The van der Waals surface area contributed by atoms with Crippen molar-refractivity contribution in [2.45, 2.75) is 11.3 Å². The maximum atomic E-state index is 12.8. The van der Waals surface area contributed by atoms with Crippen LogP contribution in [0.4, 0.5) is 4.39 Å². The zero-order valence-electron chi connectivity index (χ0n) is 13.9. The van der Waals surface area contributed by atoms with Gasteiger partial charge in [-0.25, -0.2) is 12.8 Å². The number of hydroxylamine groups is 1. The molecule has 1 N–H and O–H groups in total. The maximum absolute atomic E-state index is 12.8. The second-order valence-corrected chi connectivity index (χ2v) is 7.19. The van der Waals surface area contributed by atoms with Crippen LogP contribution in [-0.2, 0) is 21.3 Å². The lowest BCUT2D eigenvalue weighted by molar-refractivity contribution is -0.0258. The van der Waals surface area contributed by atoms with E-state index in [9.17, 15) is 17.6 Å². The van der Waals surface area contributed by atoms with Crippen LogP contribution in [0.1, 0.15) is 15.9 Å². The molecule has 25 heavy (non-hydrogen) atoms. The van der Waals surface area contributed by atoms with Gasteiger partial charge < -0.3 is 5.32 Å². The Morgan fingerprint density at radius 2 is 1.72 bits per heavy atom. The first-order valence-corrected chi connectivity index (χ1v) is 8.94. The van der Waals surface area contributed by atoms with Crippen LogP contribution in [0.2, 0.25) is 0 Å². The normalized spacial score (nSPS) is 11.5. The zero-order chi connectivity index (χ0) is 18.4. The molecule has 0 unspecified atom stereocenters. The fraction of sp³-hybridized carbons (Fsp3) is 0.235. The van der Waals surface area contributed by atoms with E-state index in [-0.39, 0.29) is 16.6 Å². The molecule has 0 spiro atoms. The molecule has 0 aromatic heterocycles. The molecule has 0 bridgehead atoms. The minimum absolute atomic E-state index is 0.0275. The number of nitrogens with one attached hydrogen (secondary N) is 1. The standard InChI is InChI=1S/C17H19FN2O4S/c1-20(24-2)25(22,23)16-9-5-14(6-10-16)17(21)19-12-11-13-3-7-15(18)8-4-13/h3-10H,11-12H2,1-2H3,(H,19,21). The molecule has 0 atom stereocenters. The van der Waals surface area contributed by atoms with Gasteiger partial charge in [0.25, 0.3) is 15.9 Å². The van der Waals surface area contributed by atoms with Gasteiger partial charge in [0.05, 0.1) is 12.0 Å². The number of carbonyl (C=O) groups excluding carboxylic acids is 1. The molecule has 0 aliphatic carbocycles. The first-order chi connectivity index (χ1) is 11.8. The van der Waals surface area contributed by atoms with E-state index in [1.165, 1.54) is 50.6 Å². The highest BCUT2D eigenvalue weighted by Crippen LogP contribution is 2.15. The van der Waals surface area contributed by atoms with Gasteiger partial charge in [0, 0.05) is 19.2 Å². The Bertz CT molecular complexity index is 821. The summed E-state index contributed by atoms with van der Waals surface area (Å²) >= 11 is 0.